The monoisotopic (exact) mass is 548 g/mol. The molecule has 1 aromatic heterocycles. The maximum atomic E-state index is 15.0. The number of amidine groups is 1. The van der Waals surface area contributed by atoms with Crippen LogP contribution in [0.2, 0.25) is 0 Å². The molecule has 2 aromatic rings. The summed E-state index contributed by atoms with van der Waals surface area (Å²) >= 11 is 1.33. The lowest BCUT2D eigenvalue weighted by atomic mass is 9.85. The lowest BCUT2D eigenvalue weighted by Crippen LogP contribution is -2.38. The number of ether oxygens (including phenoxy) is 2. The summed E-state index contributed by atoms with van der Waals surface area (Å²) < 4.78 is 89.6. The summed E-state index contributed by atoms with van der Waals surface area (Å²) in [4.78, 5) is 20.8. The van der Waals surface area contributed by atoms with Crippen LogP contribution in [0, 0.1) is 17.6 Å². The Kier molecular flexibility index (Phi) is 7.10. The van der Waals surface area contributed by atoms with Crippen LogP contribution in [0.1, 0.15) is 29.4 Å². The molecule has 0 radical (unpaired) electrons. The molecule has 0 saturated heterocycles. The number of aliphatic imine (C=N–C) groups is 1. The van der Waals surface area contributed by atoms with Crippen molar-refractivity contribution in [2.24, 2.45) is 16.6 Å². The van der Waals surface area contributed by atoms with Gasteiger partial charge in [-0.3, -0.25) is 9.79 Å². The van der Waals surface area contributed by atoms with E-state index >= 15 is 0 Å². The van der Waals surface area contributed by atoms with Crippen LogP contribution in [-0.4, -0.2) is 53.5 Å². The van der Waals surface area contributed by atoms with Gasteiger partial charge in [0.25, 0.3) is 5.91 Å². The Labute approximate surface area is 211 Å². The number of amides is 1. The van der Waals surface area contributed by atoms with Crippen molar-refractivity contribution < 1.29 is 40.6 Å². The second kappa shape index (κ2) is 9.71. The lowest BCUT2D eigenvalue weighted by molar-refractivity contribution is -0.148. The van der Waals surface area contributed by atoms with Crippen LogP contribution in [0.25, 0.3) is 0 Å². The number of alkyl halides is 4. The maximum absolute atomic E-state index is 15.0. The molecule has 3 atom stereocenters. The van der Waals surface area contributed by atoms with Crippen LogP contribution in [-0.2, 0) is 10.3 Å². The van der Waals surface area contributed by atoms with E-state index in [1.165, 1.54) is 24.9 Å². The van der Waals surface area contributed by atoms with Crippen molar-refractivity contribution >= 4 is 28.5 Å². The number of hydrogen-bond acceptors (Lipinski definition) is 7. The van der Waals surface area contributed by atoms with E-state index in [0.717, 1.165) is 24.4 Å². The van der Waals surface area contributed by atoms with Crippen molar-refractivity contribution in [1.82, 2.24) is 4.98 Å². The normalized spacial score (nSPS) is 24.9. The van der Waals surface area contributed by atoms with Crippen molar-refractivity contribution in [3.05, 3.63) is 53.4 Å². The van der Waals surface area contributed by atoms with Gasteiger partial charge in [0.05, 0.1) is 23.1 Å². The highest BCUT2D eigenvalue weighted by Crippen LogP contribution is 2.66. The molecule has 2 heterocycles. The Morgan fingerprint density at radius 3 is 2.68 bits per heavy atom. The average molecular weight is 549 g/mol. The molecule has 1 aliphatic heterocycles. The molecule has 0 bridgehead atoms. The third-order valence-electron chi connectivity index (χ3n) is 6.29. The number of benzene rings is 1. The standard InChI is InChI=1S/C23H22F6N4O3S/c1-21(16-7-22(16,9-35-2)37-20(30)33-21)13-5-11(6-14(24)17(13)25)32-18(34)15-4-3-12(8-31-15)36-10-23(28,29)19(26)27/h3-6,8,16,19H,7,9-10H2,1-2H3,(H2,30,33)(H,32,34)/t16-,21+,22+/m0/s1. The predicted octanol–water partition coefficient (Wildman–Crippen LogP) is 4.57. The number of carbonyl (C=O) groups excluding carboxylic acids is 1. The van der Waals surface area contributed by atoms with E-state index in [0.29, 0.717) is 13.0 Å². The summed E-state index contributed by atoms with van der Waals surface area (Å²) in [5.41, 5.74) is 4.41. The van der Waals surface area contributed by atoms with Crippen LogP contribution in [0.5, 0.6) is 5.75 Å². The fourth-order valence-corrected chi connectivity index (χ4v) is 5.85. The first kappa shape index (κ1) is 27.0. The average Bonchev–Trinajstić information content (AvgIpc) is 3.55. The molecule has 1 amide bonds. The molecule has 1 aromatic carbocycles. The second-order valence-corrected chi connectivity index (χ2v) is 10.4. The largest absolute Gasteiger partial charge is 0.485 e. The van der Waals surface area contributed by atoms with Crippen molar-refractivity contribution in [1.29, 1.82) is 0 Å². The van der Waals surface area contributed by atoms with Crippen molar-refractivity contribution in [2.45, 2.75) is 36.0 Å². The molecule has 3 N–H and O–H groups in total. The van der Waals surface area contributed by atoms with E-state index in [1.807, 2.05) is 0 Å². The summed E-state index contributed by atoms with van der Waals surface area (Å²) in [6.07, 6.45) is -2.39. The summed E-state index contributed by atoms with van der Waals surface area (Å²) in [5, 5.41) is 2.62. The van der Waals surface area contributed by atoms with Gasteiger partial charge >= 0.3 is 12.3 Å². The molecule has 37 heavy (non-hydrogen) atoms. The first-order chi connectivity index (χ1) is 17.3. The number of hydrogen-bond donors (Lipinski definition) is 2. The molecular formula is C23H22F6N4O3S. The highest BCUT2D eigenvalue weighted by molar-refractivity contribution is 8.15. The number of anilines is 1. The number of nitrogens with two attached hydrogens (primary N) is 1. The van der Waals surface area contributed by atoms with E-state index in [4.69, 9.17) is 10.5 Å². The van der Waals surface area contributed by atoms with E-state index < -0.39 is 46.8 Å². The Morgan fingerprint density at radius 2 is 2.05 bits per heavy atom. The van der Waals surface area contributed by atoms with Crippen molar-refractivity contribution in [3.63, 3.8) is 0 Å². The van der Waals surface area contributed by atoms with E-state index in [-0.39, 0.29) is 33.8 Å². The molecule has 1 aliphatic carbocycles. The first-order valence-electron chi connectivity index (χ1n) is 10.9. The molecule has 4 rings (SSSR count). The van der Waals surface area contributed by atoms with Gasteiger partial charge in [0, 0.05) is 30.3 Å². The maximum Gasteiger partial charge on any atom is 0.340 e. The molecule has 200 valence electrons. The van der Waals surface area contributed by atoms with E-state index in [2.05, 4.69) is 20.0 Å². The topological polar surface area (TPSA) is 98.8 Å². The van der Waals surface area contributed by atoms with E-state index in [1.54, 1.807) is 6.92 Å². The minimum atomic E-state index is -4.35. The molecule has 14 heteroatoms. The fourth-order valence-electron chi connectivity index (χ4n) is 4.40. The van der Waals surface area contributed by atoms with Crippen LogP contribution >= 0.6 is 11.8 Å². The molecule has 1 saturated carbocycles. The van der Waals surface area contributed by atoms with E-state index in [9.17, 15) is 31.1 Å². The quantitative estimate of drug-likeness (QED) is 0.446. The number of aromatic nitrogens is 1. The Morgan fingerprint density at radius 1 is 1.32 bits per heavy atom. The molecule has 2 aliphatic rings. The second-order valence-electron chi connectivity index (χ2n) is 8.96. The van der Waals surface area contributed by atoms with Gasteiger partial charge in [-0.1, -0.05) is 11.8 Å². The zero-order valence-corrected chi connectivity index (χ0v) is 20.4. The zero-order valence-electron chi connectivity index (χ0n) is 19.5. The predicted molar refractivity (Wildman–Crippen MR) is 124 cm³/mol. The molecular weight excluding hydrogens is 526 g/mol. The third kappa shape index (κ3) is 5.21. The van der Waals surface area contributed by atoms with Gasteiger partial charge in [-0.25, -0.2) is 22.5 Å². The summed E-state index contributed by atoms with van der Waals surface area (Å²) in [6.45, 7) is 0.412. The molecule has 1 fully saturated rings. The van der Waals surface area contributed by atoms with Gasteiger partial charge < -0.3 is 20.5 Å². The number of fused-ring (bicyclic) bond motifs is 1. The number of rotatable bonds is 9. The van der Waals surface area contributed by atoms with Crippen LogP contribution in [0.4, 0.5) is 32.0 Å². The zero-order chi connectivity index (χ0) is 27.2. The number of thioether (sulfide) groups is 1. The number of carbonyl (C=O) groups is 1. The summed E-state index contributed by atoms with van der Waals surface area (Å²) in [6, 6.07) is 4.24. The summed E-state index contributed by atoms with van der Waals surface area (Å²) in [7, 11) is 1.53. The number of nitrogens with one attached hydrogen (secondary N) is 1. The Hall–Kier alpha value is -3.00. The molecule has 0 unspecified atom stereocenters. The van der Waals surface area contributed by atoms with Crippen molar-refractivity contribution in [2.75, 3.05) is 25.6 Å². The van der Waals surface area contributed by atoms with Crippen molar-refractivity contribution in [3.8, 4) is 5.75 Å². The smallest absolute Gasteiger partial charge is 0.340 e. The van der Waals surface area contributed by atoms with Gasteiger partial charge in [-0.2, -0.15) is 8.78 Å². The number of halogens is 6. The summed E-state index contributed by atoms with van der Waals surface area (Å²) in [5.74, 6) is -7.97. The van der Waals surface area contributed by atoms with Crippen LogP contribution in [0.15, 0.2) is 35.5 Å². The highest BCUT2D eigenvalue weighted by atomic mass is 32.2. The van der Waals surface area contributed by atoms with Crippen LogP contribution < -0.4 is 15.8 Å². The van der Waals surface area contributed by atoms with Gasteiger partial charge in [0.15, 0.2) is 23.4 Å². The van der Waals surface area contributed by atoms with Gasteiger partial charge in [0.2, 0.25) is 0 Å². The molecule has 7 nitrogen and oxygen atoms in total. The number of pyridine rings is 1. The SMILES string of the molecule is COC[C@]12C[C@H]1[C@@](C)(c1cc(NC(=O)c3ccc(OCC(F)(F)C(F)F)cn3)cc(F)c1F)N=C(N)S2. The first-order valence-corrected chi connectivity index (χ1v) is 11.7. The number of methoxy groups -OCH3 is 1. The third-order valence-corrected chi connectivity index (χ3v) is 7.57. The highest BCUT2D eigenvalue weighted by Gasteiger charge is 2.66. The fraction of sp³-hybridized carbons (Fsp3) is 0.435. The minimum Gasteiger partial charge on any atom is -0.485 e. The minimum absolute atomic E-state index is 0.0798. The van der Waals surface area contributed by atoms with Gasteiger partial charge in [-0.05, 0) is 31.5 Å². The van der Waals surface area contributed by atoms with Gasteiger partial charge in [-0.15, -0.1) is 0 Å². The number of nitrogens with zero attached hydrogens (tertiary/aromatic N) is 2. The Bertz CT molecular complexity index is 1230. The van der Waals surface area contributed by atoms with Crippen LogP contribution in [0.3, 0.4) is 0 Å². The molecule has 0 spiro atoms. The Balaban J connectivity index is 1.53. The van der Waals surface area contributed by atoms with Gasteiger partial charge in [0.1, 0.15) is 11.4 Å². The lowest BCUT2D eigenvalue weighted by Gasteiger charge is -2.34.